The van der Waals surface area contributed by atoms with E-state index in [1.165, 1.54) is 24.8 Å². The Morgan fingerprint density at radius 2 is 2.17 bits per heavy atom. The Hall–Kier alpha value is -0.830. The van der Waals surface area contributed by atoms with Gasteiger partial charge >= 0.3 is 0 Å². The predicted molar refractivity (Wildman–Crippen MR) is 74.4 cm³/mol. The smallest absolute Gasteiger partial charge is 0.226 e. The molecule has 0 aromatic rings. The Kier molecular flexibility index (Phi) is 5.24. The first-order valence-corrected chi connectivity index (χ1v) is 7.49. The predicted octanol–water partition coefficient (Wildman–Crippen LogP) is 2.48. The lowest BCUT2D eigenvalue weighted by Crippen LogP contribution is -2.46. The first-order chi connectivity index (χ1) is 8.81. The van der Waals surface area contributed by atoms with Gasteiger partial charge in [0.15, 0.2) is 0 Å². The largest absolute Gasteiger partial charge is 0.340 e. The standard InChI is InChI=1S/C15H26N2O/c1-2-17(14-8-10-16-11-9-14)15(18)12-13-6-4-3-5-7-13/h6,14,16H,2-5,7-12H2,1H3. The molecule has 0 spiro atoms. The van der Waals surface area contributed by atoms with Gasteiger partial charge in [-0.2, -0.15) is 0 Å². The van der Waals surface area contributed by atoms with E-state index in [1.807, 2.05) is 0 Å². The average Bonchev–Trinajstić information content (AvgIpc) is 2.42. The fourth-order valence-corrected chi connectivity index (χ4v) is 3.12. The molecular formula is C15H26N2O. The van der Waals surface area contributed by atoms with E-state index in [9.17, 15) is 4.79 Å². The highest BCUT2D eigenvalue weighted by molar-refractivity contribution is 5.79. The van der Waals surface area contributed by atoms with Crippen molar-refractivity contribution in [3.8, 4) is 0 Å². The minimum Gasteiger partial charge on any atom is -0.340 e. The molecule has 1 saturated heterocycles. The molecule has 102 valence electrons. The number of nitrogens with one attached hydrogen (secondary N) is 1. The summed E-state index contributed by atoms with van der Waals surface area (Å²) >= 11 is 0. The number of nitrogens with zero attached hydrogens (tertiary/aromatic N) is 1. The number of amides is 1. The highest BCUT2D eigenvalue weighted by Crippen LogP contribution is 2.22. The molecule has 2 rings (SSSR count). The first kappa shape index (κ1) is 13.6. The molecule has 0 bridgehead atoms. The monoisotopic (exact) mass is 250 g/mol. The first-order valence-electron chi connectivity index (χ1n) is 7.49. The van der Waals surface area contributed by atoms with E-state index in [-0.39, 0.29) is 0 Å². The van der Waals surface area contributed by atoms with Crippen molar-refractivity contribution >= 4 is 5.91 Å². The van der Waals surface area contributed by atoms with Gasteiger partial charge in [0.25, 0.3) is 0 Å². The molecule has 1 N–H and O–H groups in total. The van der Waals surface area contributed by atoms with Gasteiger partial charge in [-0.15, -0.1) is 0 Å². The van der Waals surface area contributed by atoms with Crippen LogP contribution in [0, 0.1) is 0 Å². The summed E-state index contributed by atoms with van der Waals surface area (Å²) in [5.41, 5.74) is 1.37. The molecule has 1 fully saturated rings. The molecular weight excluding hydrogens is 224 g/mol. The van der Waals surface area contributed by atoms with Crippen molar-refractivity contribution in [2.75, 3.05) is 19.6 Å². The Morgan fingerprint density at radius 1 is 1.39 bits per heavy atom. The zero-order valence-corrected chi connectivity index (χ0v) is 11.6. The molecule has 1 aliphatic heterocycles. The van der Waals surface area contributed by atoms with E-state index in [4.69, 9.17) is 0 Å². The normalized spacial score (nSPS) is 21.5. The molecule has 0 atom stereocenters. The Morgan fingerprint density at radius 3 is 2.78 bits per heavy atom. The number of hydrogen-bond acceptors (Lipinski definition) is 2. The topological polar surface area (TPSA) is 32.3 Å². The van der Waals surface area contributed by atoms with E-state index >= 15 is 0 Å². The molecule has 1 heterocycles. The molecule has 0 radical (unpaired) electrons. The van der Waals surface area contributed by atoms with Gasteiger partial charge in [-0.05, 0) is 58.5 Å². The summed E-state index contributed by atoms with van der Waals surface area (Å²) in [6.07, 6.45) is 10.0. The second-order valence-electron chi connectivity index (χ2n) is 5.45. The summed E-state index contributed by atoms with van der Waals surface area (Å²) in [6, 6.07) is 0.466. The minimum absolute atomic E-state index is 0.345. The summed E-state index contributed by atoms with van der Waals surface area (Å²) < 4.78 is 0. The molecule has 0 aromatic carbocycles. The third-order valence-electron chi connectivity index (χ3n) is 4.17. The third-order valence-corrected chi connectivity index (χ3v) is 4.17. The van der Waals surface area contributed by atoms with E-state index in [0.717, 1.165) is 38.9 Å². The number of rotatable bonds is 4. The van der Waals surface area contributed by atoms with Crippen LogP contribution in [0.3, 0.4) is 0 Å². The Bertz CT molecular complexity index is 306. The third kappa shape index (κ3) is 3.58. The summed E-state index contributed by atoms with van der Waals surface area (Å²) in [6.45, 7) is 5.07. The van der Waals surface area contributed by atoms with Crippen LogP contribution >= 0.6 is 0 Å². The fraction of sp³-hybridized carbons (Fsp3) is 0.800. The fourth-order valence-electron chi connectivity index (χ4n) is 3.12. The number of hydrogen-bond donors (Lipinski definition) is 1. The summed E-state index contributed by atoms with van der Waals surface area (Å²) in [5.74, 6) is 0.345. The zero-order valence-electron chi connectivity index (χ0n) is 11.6. The SMILES string of the molecule is CCN(C(=O)CC1=CCCCC1)C1CCNCC1. The molecule has 0 unspecified atom stereocenters. The van der Waals surface area contributed by atoms with Crippen molar-refractivity contribution in [1.29, 1.82) is 0 Å². The highest BCUT2D eigenvalue weighted by atomic mass is 16.2. The van der Waals surface area contributed by atoms with Crippen LogP contribution in [0.5, 0.6) is 0 Å². The van der Waals surface area contributed by atoms with E-state index in [1.54, 1.807) is 0 Å². The van der Waals surface area contributed by atoms with Gasteiger partial charge in [0.1, 0.15) is 0 Å². The van der Waals surface area contributed by atoms with E-state index < -0.39 is 0 Å². The summed E-state index contributed by atoms with van der Waals surface area (Å²) in [4.78, 5) is 14.5. The van der Waals surface area contributed by atoms with Gasteiger partial charge in [-0.1, -0.05) is 11.6 Å². The maximum absolute atomic E-state index is 12.4. The molecule has 1 aliphatic carbocycles. The number of allylic oxidation sites excluding steroid dienone is 1. The summed E-state index contributed by atoms with van der Waals surface area (Å²) in [5, 5.41) is 3.36. The van der Waals surface area contributed by atoms with Crippen LogP contribution in [0.1, 0.15) is 51.9 Å². The molecule has 0 saturated carbocycles. The number of piperidine rings is 1. The van der Waals surface area contributed by atoms with Gasteiger partial charge < -0.3 is 10.2 Å². The lowest BCUT2D eigenvalue weighted by atomic mass is 9.96. The molecule has 3 nitrogen and oxygen atoms in total. The second-order valence-corrected chi connectivity index (χ2v) is 5.45. The van der Waals surface area contributed by atoms with Crippen molar-refractivity contribution in [1.82, 2.24) is 10.2 Å². The van der Waals surface area contributed by atoms with Gasteiger partial charge in [0.05, 0.1) is 0 Å². The lowest BCUT2D eigenvalue weighted by molar-refractivity contribution is -0.133. The van der Waals surface area contributed by atoms with Crippen molar-refractivity contribution in [2.24, 2.45) is 0 Å². The average molecular weight is 250 g/mol. The zero-order chi connectivity index (χ0) is 12.8. The summed E-state index contributed by atoms with van der Waals surface area (Å²) in [7, 11) is 0. The highest BCUT2D eigenvalue weighted by Gasteiger charge is 2.24. The quantitative estimate of drug-likeness (QED) is 0.777. The van der Waals surface area contributed by atoms with E-state index in [2.05, 4.69) is 23.2 Å². The van der Waals surface area contributed by atoms with Crippen LogP contribution < -0.4 is 5.32 Å². The van der Waals surface area contributed by atoms with Crippen molar-refractivity contribution in [3.63, 3.8) is 0 Å². The van der Waals surface area contributed by atoms with E-state index in [0.29, 0.717) is 18.4 Å². The Balaban J connectivity index is 1.89. The molecule has 18 heavy (non-hydrogen) atoms. The van der Waals surface area contributed by atoms with Crippen LogP contribution in [0.2, 0.25) is 0 Å². The van der Waals surface area contributed by atoms with Gasteiger partial charge in [-0.3, -0.25) is 4.79 Å². The molecule has 3 heteroatoms. The molecule has 2 aliphatic rings. The molecule has 1 amide bonds. The van der Waals surface area contributed by atoms with Crippen LogP contribution in [0.15, 0.2) is 11.6 Å². The number of carbonyl (C=O) groups excluding carboxylic acids is 1. The van der Waals surface area contributed by atoms with Gasteiger partial charge in [-0.25, -0.2) is 0 Å². The van der Waals surface area contributed by atoms with Crippen LogP contribution in [-0.2, 0) is 4.79 Å². The molecule has 0 aromatic heterocycles. The van der Waals surface area contributed by atoms with Gasteiger partial charge in [0.2, 0.25) is 5.91 Å². The van der Waals surface area contributed by atoms with Crippen molar-refractivity contribution in [2.45, 2.75) is 57.9 Å². The van der Waals surface area contributed by atoms with Crippen LogP contribution in [0.25, 0.3) is 0 Å². The maximum atomic E-state index is 12.4. The lowest BCUT2D eigenvalue weighted by Gasteiger charge is -2.34. The number of carbonyl (C=O) groups is 1. The van der Waals surface area contributed by atoms with Crippen LogP contribution in [-0.4, -0.2) is 36.5 Å². The van der Waals surface area contributed by atoms with Crippen molar-refractivity contribution in [3.05, 3.63) is 11.6 Å². The van der Waals surface area contributed by atoms with Crippen LogP contribution in [0.4, 0.5) is 0 Å². The maximum Gasteiger partial charge on any atom is 0.226 e. The van der Waals surface area contributed by atoms with Crippen molar-refractivity contribution < 1.29 is 4.79 Å². The van der Waals surface area contributed by atoms with Gasteiger partial charge in [0, 0.05) is 19.0 Å². The minimum atomic E-state index is 0.345. The Labute approximate surface area is 111 Å². The second kappa shape index (κ2) is 6.93.